The summed E-state index contributed by atoms with van der Waals surface area (Å²) in [7, 11) is 0. The molecule has 0 bridgehead atoms. The van der Waals surface area contributed by atoms with Crippen molar-refractivity contribution in [2.24, 2.45) is 0 Å². The summed E-state index contributed by atoms with van der Waals surface area (Å²) in [5, 5.41) is 10.4. The average Bonchev–Trinajstić information content (AvgIpc) is 3.47. The first-order valence-corrected chi connectivity index (χ1v) is 14.8. The minimum absolute atomic E-state index is 0. The number of benzene rings is 2. The van der Waals surface area contributed by atoms with Crippen LogP contribution >= 0.6 is 24.2 Å². The summed E-state index contributed by atoms with van der Waals surface area (Å²) < 4.78 is 41.7. The molecule has 0 amide bonds. The second-order valence-electron chi connectivity index (χ2n) is 10.8. The largest absolute Gasteiger partial charge is 0.416 e. The molecule has 6 nitrogen and oxygen atoms in total. The maximum Gasteiger partial charge on any atom is 0.416 e. The van der Waals surface area contributed by atoms with Gasteiger partial charge in [-0.15, -0.1) is 12.4 Å². The van der Waals surface area contributed by atoms with Gasteiger partial charge >= 0.3 is 6.18 Å². The average molecular weight is 583 g/mol. The first-order chi connectivity index (χ1) is 18.4. The molecule has 4 aliphatic heterocycles. The summed E-state index contributed by atoms with van der Waals surface area (Å²) in [6, 6.07) is 9.04. The Labute approximate surface area is 239 Å². The molecule has 3 N–H and O–H groups in total. The van der Waals surface area contributed by atoms with Gasteiger partial charge in [0.15, 0.2) is 0 Å². The van der Waals surface area contributed by atoms with Gasteiger partial charge in [-0.3, -0.25) is 4.90 Å². The van der Waals surface area contributed by atoms with Gasteiger partial charge in [0, 0.05) is 87.0 Å². The predicted molar refractivity (Wildman–Crippen MR) is 156 cm³/mol. The number of piperazine rings is 1. The fourth-order valence-electron chi connectivity index (χ4n) is 5.96. The van der Waals surface area contributed by atoms with Crippen molar-refractivity contribution < 1.29 is 13.2 Å². The van der Waals surface area contributed by atoms with Crippen LogP contribution in [-0.4, -0.2) is 81.3 Å². The van der Waals surface area contributed by atoms with E-state index < -0.39 is 11.7 Å². The lowest BCUT2D eigenvalue weighted by atomic mass is 10.0. The van der Waals surface area contributed by atoms with Crippen LogP contribution in [0.25, 0.3) is 0 Å². The molecule has 0 aliphatic carbocycles. The highest BCUT2D eigenvalue weighted by Gasteiger charge is 2.34. The SMILES string of the molecule is Cl.FC(F)(F)c1cc(NC2CCN(CCN3CCNCC3)CC2)c2c(c1)Sc1cc(N3CCCC3)ccc1N2. The summed E-state index contributed by atoms with van der Waals surface area (Å²) in [5.41, 5.74) is 2.81. The fraction of sp³-hybridized carbons (Fsp3) is 0.571. The standard InChI is InChI=1S/C28H37F3N6S.ClH/c29-28(30,31)20-17-24(33-21-5-11-35(12-6-21)15-16-36-13-7-32-8-14-36)27-26(18-20)38-25-19-22(3-4-23(25)34-27)37-9-1-2-10-37;/h3-4,17-19,21,32-34H,1-2,5-16H2;1H. The third kappa shape index (κ3) is 6.73. The quantitative estimate of drug-likeness (QED) is 0.344. The summed E-state index contributed by atoms with van der Waals surface area (Å²) in [5.74, 6) is 0. The van der Waals surface area contributed by atoms with Gasteiger partial charge in [-0.1, -0.05) is 11.8 Å². The van der Waals surface area contributed by atoms with Crippen LogP contribution in [0.2, 0.25) is 0 Å². The van der Waals surface area contributed by atoms with Crippen LogP contribution in [0.15, 0.2) is 40.1 Å². The minimum atomic E-state index is -4.39. The number of fused-ring (bicyclic) bond motifs is 2. The lowest BCUT2D eigenvalue weighted by Crippen LogP contribution is -2.48. The van der Waals surface area contributed by atoms with Gasteiger partial charge in [-0.25, -0.2) is 0 Å². The topological polar surface area (TPSA) is 45.8 Å². The van der Waals surface area contributed by atoms with Crippen molar-refractivity contribution >= 4 is 46.9 Å². The zero-order valence-corrected chi connectivity index (χ0v) is 23.8. The Morgan fingerprint density at radius 1 is 0.872 bits per heavy atom. The molecule has 0 atom stereocenters. The number of nitrogens with zero attached hydrogens (tertiary/aromatic N) is 3. The molecule has 11 heteroatoms. The second kappa shape index (κ2) is 12.3. The molecule has 39 heavy (non-hydrogen) atoms. The zero-order chi connectivity index (χ0) is 26.1. The van der Waals surface area contributed by atoms with E-state index >= 15 is 0 Å². The summed E-state index contributed by atoms with van der Waals surface area (Å²) >= 11 is 1.44. The van der Waals surface area contributed by atoms with Gasteiger partial charge in [-0.05, 0) is 56.0 Å². The Balaban J connectivity index is 0.00000308. The smallest absolute Gasteiger partial charge is 0.380 e. The molecule has 0 unspecified atom stereocenters. The van der Waals surface area contributed by atoms with Crippen LogP contribution in [0.1, 0.15) is 31.2 Å². The van der Waals surface area contributed by atoms with Crippen LogP contribution in [-0.2, 0) is 6.18 Å². The molecule has 2 aromatic rings. The maximum atomic E-state index is 13.9. The lowest BCUT2D eigenvalue weighted by molar-refractivity contribution is -0.137. The van der Waals surface area contributed by atoms with Crippen molar-refractivity contribution in [3.05, 3.63) is 35.9 Å². The highest BCUT2D eigenvalue weighted by molar-refractivity contribution is 7.99. The Bertz CT molecular complexity index is 1130. The van der Waals surface area contributed by atoms with E-state index in [1.54, 1.807) is 0 Å². The van der Waals surface area contributed by atoms with Crippen molar-refractivity contribution in [3.63, 3.8) is 0 Å². The third-order valence-electron chi connectivity index (χ3n) is 8.23. The number of hydrogen-bond acceptors (Lipinski definition) is 7. The zero-order valence-electron chi connectivity index (χ0n) is 22.2. The van der Waals surface area contributed by atoms with Gasteiger partial charge in [-0.2, -0.15) is 13.2 Å². The maximum absolute atomic E-state index is 13.9. The van der Waals surface area contributed by atoms with Crippen LogP contribution in [0.5, 0.6) is 0 Å². The fourth-order valence-corrected chi connectivity index (χ4v) is 7.06. The summed E-state index contributed by atoms with van der Waals surface area (Å²) in [6.45, 7) is 10.5. The Morgan fingerprint density at radius 3 is 2.26 bits per heavy atom. The molecule has 0 radical (unpaired) electrons. The number of piperidine rings is 1. The van der Waals surface area contributed by atoms with Gasteiger partial charge in [0.1, 0.15) is 0 Å². The van der Waals surface area contributed by atoms with Crippen LogP contribution in [0.4, 0.5) is 35.9 Å². The van der Waals surface area contributed by atoms with E-state index in [0.717, 1.165) is 100 Å². The monoisotopic (exact) mass is 582 g/mol. The number of hydrogen-bond donors (Lipinski definition) is 3. The van der Waals surface area contributed by atoms with Crippen LogP contribution in [0, 0.1) is 0 Å². The van der Waals surface area contributed by atoms with Gasteiger partial charge in [0.05, 0.1) is 22.6 Å². The number of anilines is 4. The summed E-state index contributed by atoms with van der Waals surface area (Å²) in [6.07, 6.45) is -0.170. The van der Waals surface area contributed by atoms with E-state index in [0.29, 0.717) is 10.6 Å². The Morgan fingerprint density at radius 2 is 1.56 bits per heavy atom. The number of halogens is 4. The van der Waals surface area contributed by atoms with Crippen molar-refractivity contribution in [3.8, 4) is 0 Å². The number of rotatable bonds is 6. The van der Waals surface area contributed by atoms with Crippen molar-refractivity contribution in [1.29, 1.82) is 0 Å². The van der Waals surface area contributed by atoms with E-state index in [1.807, 2.05) is 0 Å². The van der Waals surface area contributed by atoms with Crippen LogP contribution in [0.3, 0.4) is 0 Å². The molecule has 2 aromatic carbocycles. The molecule has 214 valence electrons. The number of nitrogens with one attached hydrogen (secondary N) is 3. The van der Waals surface area contributed by atoms with E-state index in [-0.39, 0.29) is 18.4 Å². The number of likely N-dealkylation sites (tertiary alicyclic amines) is 1. The van der Waals surface area contributed by atoms with Gasteiger partial charge < -0.3 is 25.8 Å². The Hall–Kier alpha value is -1.85. The number of alkyl halides is 3. The van der Waals surface area contributed by atoms with Crippen molar-refractivity contribution in [1.82, 2.24) is 15.1 Å². The molecule has 3 saturated heterocycles. The summed E-state index contributed by atoms with van der Waals surface area (Å²) in [4.78, 5) is 8.95. The van der Waals surface area contributed by atoms with Crippen molar-refractivity contribution in [2.75, 3.05) is 81.0 Å². The molecule has 4 heterocycles. The molecule has 0 saturated carbocycles. The van der Waals surface area contributed by atoms with E-state index in [2.05, 4.69) is 48.8 Å². The first kappa shape index (κ1) is 28.7. The first-order valence-electron chi connectivity index (χ1n) is 13.9. The molecule has 6 rings (SSSR count). The highest BCUT2D eigenvalue weighted by Crippen LogP contribution is 2.50. The minimum Gasteiger partial charge on any atom is -0.380 e. The Kier molecular flexibility index (Phi) is 9.08. The normalized spacial score (nSPS) is 20.6. The highest BCUT2D eigenvalue weighted by atomic mass is 35.5. The van der Waals surface area contributed by atoms with E-state index in [4.69, 9.17) is 0 Å². The molecular weight excluding hydrogens is 545 g/mol. The molecule has 0 aromatic heterocycles. The van der Waals surface area contributed by atoms with E-state index in [1.165, 1.54) is 36.7 Å². The van der Waals surface area contributed by atoms with Crippen molar-refractivity contribution in [2.45, 2.75) is 47.7 Å². The third-order valence-corrected chi connectivity index (χ3v) is 9.33. The molecule has 0 spiro atoms. The second-order valence-corrected chi connectivity index (χ2v) is 11.9. The predicted octanol–water partition coefficient (Wildman–Crippen LogP) is 5.72. The van der Waals surface area contributed by atoms with Gasteiger partial charge in [0.2, 0.25) is 0 Å². The van der Waals surface area contributed by atoms with E-state index in [9.17, 15) is 13.2 Å². The van der Waals surface area contributed by atoms with Crippen LogP contribution < -0.4 is 20.9 Å². The lowest BCUT2D eigenvalue weighted by Gasteiger charge is -2.36. The molecule has 4 aliphatic rings. The van der Waals surface area contributed by atoms with Gasteiger partial charge in [0.25, 0.3) is 0 Å². The molecule has 3 fully saturated rings. The molecular formula is C28H38ClF3N6S.